The van der Waals surface area contributed by atoms with Crippen molar-refractivity contribution in [3.63, 3.8) is 0 Å². The minimum Gasteiger partial charge on any atom is -0.462 e. The molecule has 2 saturated carbocycles. The van der Waals surface area contributed by atoms with Gasteiger partial charge in [-0.1, -0.05) is 0 Å². The predicted molar refractivity (Wildman–Crippen MR) is 47.1 cm³/mol. The van der Waals surface area contributed by atoms with Crippen LogP contribution in [0.5, 0.6) is 0 Å². The molecule has 0 aromatic heterocycles. The van der Waals surface area contributed by atoms with E-state index in [1.54, 1.807) is 7.05 Å². The van der Waals surface area contributed by atoms with Crippen molar-refractivity contribution in [1.82, 2.24) is 5.32 Å². The van der Waals surface area contributed by atoms with Crippen LogP contribution in [0, 0.1) is 23.7 Å². The first-order valence-electron chi connectivity index (χ1n) is 5.14. The highest BCUT2D eigenvalue weighted by molar-refractivity contribution is 5.88. The van der Waals surface area contributed by atoms with Crippen molar-refractivity contribution in [2.24, 2.45) is 23.7 Å². The molecule has 4 nitrogen and oxygen atoms in total. The quantitative estimate of drug-likeness (QED) is 0.596. The van der Waals surface area contributed by atoms with Crippen LogP contribution in [0.4, 0.5) is 0 Å². The van der Waals surface area contributed by atoms with Gasteiger partial charge in [-0.15, -0.1) is 0 Å². The number of carbonyl (C=O) groups is 2. The second kappa shape index (κ2) is 2.49. The van der Waals surface area contributed by atoms with Crippen molar-refractivity contribution in [3.8, 4) is 0 Å². The molecule has 14 heavy (non-hydrogen) atoms. The third kappa shape index (κ3) is 0.792. The van der Waals surface area contributed by atoms with Gasteiger partial charge in [0.05, 0.1) is 11.8 Å². The van der Waals surface area contributed by atoms with Crippen LogP contribution in [-0.4, -0.2) is 25.0 Å². The molecule has 1 amide bonds. The van der Waals surface area contributed by atoms with Crippen molar-refractivity contribution in [2.75, 3.05) is 7.05 Å². The van der Waals surface area contributed by atoms with Crippen molar-refractivity contribution in [1.29, 1.82) is 0 Å². The van der Waals surface area contributed by atoms with Crippen LogP contribution in [0.15, 0.2) is 0 Å². The maximum Gasteiger partial charge on any atom is 0.310 e. The third-order valence-corrected chi connectivity index (χ3v) is 4.03. The molecule has 2 bridgehead atoms. The number of fused-ring (bicyclic) bond motifs is 1. The summed E-state index contributed by atoms with van der Waals surface area (Å²) in [6.45, 7) is 0. The molecule has 0 spiro atoms. The molecule has 3 aliphatic rings. The smallest absolute Gasteiger partial charge is 0.310 e. The Morgan fingerprint density at radius 2 is 2.29 bits per heavy atom. The first kappa shape index (κ1) is 8.26. The van der Waals surface area contributed by atoms with Gasteiger partial charge in [0.25, 0.3) is 0 Å². The molecule has 1 N–H and O–H groups in total. The lowest BCUT2D eigenvalue weighted by Crippen LogP contribution is -2.38. The van der Waals surface area contributed by atoms with E-state index in [2.05, 4.69) is 5.32 Å². The Morgan fingerprint density at radius 3 is 3.00 bits per heavy atom. The molecule has 0 aromatic carbocycles. The molecule has 5 atom stereocenters. The number of amides is 1. The molecule has 2 aliphatic carbocycles. The standard InChI is InChI=1S/C10H13NO3/c1-11-9(12)7-4-2-5-6(3-4)14-10(13)8(5)7/h4-8H,2-3H2,1H3,(H,11,12)/t4-,5+,6-,7+,8+/m1/s1. The predicted octanol–water partition coefficient (Wildman–Crippen LogP) is -0.0700. The second-order valence-corrected chi connectivity index (χ2v) is 4.54. The third-order valence-electron chi connectivity index (χ3n) is 4.03. The Kier molecular flexibility index (Phi) is 1.47. The molecule has 0 unspecified atom stereocenters. The van der Waals surface area contributed by atoms with Crippen LogP contribution in [0.3, 0.4) is 0 Å². The Bertz CT molecular complexity index is 312. The van der Waals surface area contributed by atoms with E-state index in [0.717, 1.165) is 12.8 Å². The fourth-order valence-corrected chi connectivity index (χ4v) is 3.53. The van der Waals surface area contributed by atoms with Gasteiger partial charge in [-0.3, -0.25) is 9.59 Å². The van der Waals surface area contributed by atoms with Gasteiger partial charge in [-0.05, 0) is 18.8 Å². The van der Waals surface area contributed by atoms with E-state index in [0.29, 0.717) is 11.8 Å². The highest BCUT2D eigenvalue weighted by Crippen LogP contribution is 2.57. The number of nitrogens with one attached hydrogen (secondary N) is 1. The molecule has 0 aromatic rings. The Balaban J connectivity index is 1.95. The minimum atomic E-state index is -0.145. The van der Waals surface area contributed by atoms with Gasteiger partial charge in [-0.2, -0.15) is 0 Å². The normalized spacial score (nSPS) is 48.1. The number of carbonyl (C=O) groups excluding carboxylic acids is 2. The zero-order chi connectivity index (χ0) is 9.87. The molecular formula is C10H13NO3. The molecule has 0 radical (unpaired) electrons. The molecule has 3 fully saturated rings. The summed E-state index contributed by atoms with van der Waals surface area (Å²) < 4.78 is 5.25. The van der Waals surface area contributed by atoms with Crippen LogP contribution < -0.4 is 5.32 Å². The highest BCUT2D eigenvalue weighted by Gasteiger charge is 2.63. The first-order chi connectivity index (χ1) is 6.72. The fraction of sp³-hybridized carbons (Fsp3) is 0.800. The fourth-order valence-electron chi connectivity index (χ4n) is 3.53. The lowest BCUT2D eigenvalue weighted by molar-refractivity contribution is -0.145. The van der Waals surface area contributed by atoms with E-state index >= 15 is 0 Å². The average Bonchev–Trinajstić information content (AvgIpc) is 2.75. The number of esters is 1. The zero-order valence-corrected chi connectivity index (χ0v) is 8.03. The number of ether oxygens (including phenoxy) is 1. The molecule has 3 rings (SSSR count). The van der Waals surface area contributed by atoms with Crippen LogP contribution in [0.2, 0.25) is 0 Å². The van der Waals surface area contributed by atoms with Crippen molar-refractivity contribution >= 4 is 11.9 Å². The lowest BCUT2D eigenvalue weighted by Gasteiger charge is -2.22. The maximum absolute atomic E-state index is 11.6. The van der Waals surface area contributed by atoms with E-state index in [-0.39, 0.29) is 29.8 Å². The second-order valence-electron chi connectivity index (χ2n) is 4.54. The molecular weight excluding hydrogens is 182 g/mol. The Labute approximate surface area is 82.0 Å². The summed E-state index contributed by atoms with van der Waals surface area (Å²) in [4.78, 5) is 23.1. The summed E-state index contributed by atoms with van der Waals surface area (Å²) in [7, 11) is 1.63. The van der Waals surface area contributed by atoms with Crippen LogP contribution in [0.25, 0.3) is 0 Å². The van der Waals surface area contributed by atoms with Crippen molar-refractivity contribution in [2.45, 2.75) is 18.9 Å². The minimum absolute atomic E-state index is 0.0137. The van der Waals surface area contributed by atoms with Crippen molar-refractivity contribution in [3.05, 3.63) is 0 Å². The first-order valence-corrected chi connectivity index (χ1v) is 5.14. The highest BCUT2D eigenvalue weighted by atomic mass is 16.6. The van der Waals surface area contributed by atoms with E-state index in [1.165, 1.54) is 0 Å². The zero-order valence-electron chi connectivity index (χ0n) is 8.03. The molecule has 4 heteroatoms. The van der Waals surface area contributed by atoms with Crippen LogP contribution in [-0.2, 0) is 14.3 Å². The maximum atomic E-state index is 11.6. The van der Waals surface area contributed by atoms with Gasteiger partial charge < -0.3 is 10.1 Å². The monoisotopic (exact) mass is 195 g/mol. The number of rotatable bonds is 1. The summed E-state index contributed by atoms with van der Waals surface area (Å²) in [5, 5.41) is 2.65. The molecule has 1 aliphatic heterocycles. The van der Waals surface area contributed by atoms with Crippen LogP contribution >= 0.6 is 0 Å². The summed E-state index contributed by atoms with van der Waals surface area (Å²) in [5.74, 6) is 0.319. The van der Waals surface area contributed by atoms with Crippen LogP contribution in [0.1, 0.15) is 12.8 Å². The summed E-state index contributed by atoms with van der Waals surface area (Å²) in [6, 6.07) is 0. The van der Waals surface area contributed by atoms with Gasteiger partial charge in [-0.25, -0.2) is 0 Å². The Morgan fingerprint density at radius 1 is 1.50 bits per heavy atom. The topological polar surface area (TPSA) is 55.4 Å². The number of hydrogen-bond donors (Lipinski definition) is 1. The lowest BCUT2D eigenvalue weighted by atomic mass is 9.79. The molecule has 1 saturated heterocycles. The number of hydrogen-bond acceptors (Lipinski definition) is 3. The summed E-state index contributed by atoms with van der Waals surface area (Å²) in [6.07, 6.45) is 2.02. The van der Waals surface area contributed by atoms with Crippen molar-refractivity contribution < 1.29 is 14.3 Å². The van der Waals surface area contributed by atoms with E-state index in [1.807, 2.05) is 0 Å². The van der Waals surface area contributed by atoms with Gasteiger partial charge in [0.15, 0.2) is 0 Å². The summed E-state index contributed by atoms with van der Waals surface area (Å²) >= 11 is 0. The van der Waals surface area contributed by atoms with E-state index in [9.17, 15) is 9.59 Å². The largest absolute Gasteiger partial charge is 0.462 e. The van der Waals surface area contributed by atoms with Gasteiger partial charge >= 0.3 is 5.97 Å². The van der Waals surface area contributed by atoms with E-state index in [4.69, 9.17) is 4.74 Å². The van der Waals surface area contributed by atoms with Gasteiger partial charge in [0.2, 0.25) is 5.91 Å². The van der Waals surface area contributed by atoms with E-state index < -0.39 is 0 Å². The van der Waals surface area contributed by atoms with Gasteiger partial charge in [0.1, 0.15) is 6.10 Å². The SMILES string of the molecule is CNC(=O)[C@H]1[C@@H]2C[C@@H]3[C@@H]1C(=O)O[C@@H]3C2. The molecule has 76 valence electrons. The van der Waals surface area contributed by atoms with Gasteiger partial charge in [0, 0.05) is 13.0 Å². The average molecular weight is 195 g/mol. The summed E-state index contributed by atoms with van der Waals surface area (Å²) in [5.41, 5.74) is 0. The Hall–Kier alpha value is -1.06. The molecule has 1 heterocycles.